The van der Waals surface area contributed by atoms with Gasteiger partial charge in [0.2, 0.25) is 0 Å². The number of pyridine rings is 1. The van der Waals surface area contributed by atoms with Crippen molar-refractivity contribution in [2.75, 3.05) is 11.5 Å². The van der Waals surface area contributed by atoms with Gasteiger partial charge in [0, 0.05) is 24.5 Å². The standard InChI is InChI=1S/C12H18N2O2S/c1-10(11-4-6-13-7-5-11)14-12-3-2-8-17(15,16)9-12/h4-7,10,12,14H,2-3,8-9H2,1H3/t10-,12?/m0/s1. The molecule has 2 rings (SSSR count). The topological polar surface area (TPSA) is 59.1 Å². The van der Waals surface area contributed by atoms with Crippen molar-refractivity contribution in [3.8, 4) is 0 Å². The summed E-state index contributed by atoms with van der Waals surface area (Å²) >= 11 is 0. The van der Waals surface area contributed by atoms with Crippen LogP contribution in [0.1, 0.15) is 31.4 Å². The number of hydrogen-bond donors (Lipinski definition) is 1. The maximum absolute atomic E-state index is 11.5. The molecule has 94 valence electrons. The first-order valence-corrected chi connectivity index (χ1v) is 7.75. The Bertz CT molecular complexity index is 459. The number of nitrogens with one attached hydrogen (secondary N) is 1. The zero-order valence-electron chi connectivity index (χ0n) is 9.96. The third-order valence-corrected chi connectivity index (χ3v) is 4.98. The van der Waals surface area contributed by atoms with Gasteiger partial charge in [-0.2, -0.15) is 0 Å². The molecule has 1 N–H and O–H groups in total. The van der Waals surface area contributed by atoms with Gasteiger partial charge in [0.25, 0.3) is 0 Å². The monoisotopic (exact) mass is 254 g/mol. The predicted molar refractivity (Wildman–Crippen MR) is 67.5 cm³/mol. The van der Waals surface area contributed by atoms with Gasteiger partial charge in [-0.25, -0.2) is 8.42 Å². The minimum atomic E-state index is -2.83. The van der Waals surface area contributed by atoms with Crippen LogP contribution in [0, 0.1) is 0 Å². The van der Waals surface area contributed by atoms with Crippen LogP contribution in [-0.2, 0) is 9.84 Å². The van der Waals surface area contributed by atoms with Crippen LogP contribution in [0.25, 0.3) is 0 Å². The van der Waals surface area contributed by atoms with E-state index in [4.69, 9.17) is 0 Å². The van der Waals surface area contributed by atoms with Gasteiger partial charge in [0.15, 0.2) is 9.84 Å². The fraction of sp³-hybridized carbons (Fsp3) is 0.583. The van der Waals surface area contributed by atoms with Crippen molar-refractivity contribution >= 4 is 9.84 Å². The van der Waals surface area contributed by atoms with Gasteiger partial charge in [-0.3, -0.25) is 4.98 Å². The molecule has 0 aliphatic carbocycles. The smallest absolute Gasteiger partial charge is 0.151 e. The Balaban J connectivity index is 1.97. The molecule has 0 bridgehead atoms. The van der Waals surface area contributed by atoms with E-state index in [-0.39, 0.29) is 17.8 Å². The molecule has 1 aliphatic heterocycles. The maximum atomic E-state index is 11.5. The second kappa shape index (κ2) is 5.14. The lowest BCUT2D eigenvalue weighted by molar-refractivity contribution is 0.437. The molecule has 17 heavy (non-hydrogen) atoms. The van der Waals surface area contributed by atoms with Gasteiger partial charge in [-0.15, -0.1) is 0 Å². The van der Waals surface area contributed by atoms with E-state index in [9.17, 15) is 8.42 Å². The van der Waals surface area contributed by atoms with E-state index < -0.39 is 9.84 Å². The molecule has 0 radical (unpaired) electrons. The molecule has 0 saturated carbocycles. The third kappa shape index (κ3) is 3.51. The first kappa shape index (κ1) is 12.5. The molecule has 1 fully saturated rings. The molecule has 0 spiro atoms. The lowest BCUT2D eigenvalue weighted by atomic mass is 10.1. The number of nitrogens with zero attached hydrogens (tertiary/aromatic N) is 1. The highest BCUT2D eigenvalue weighted by Gasteiger charge is 2.25. The van der Waals surface area contributed by atoms with Crippen molar-refractivity contribution in [1.82, 2.24) is 10.3 Å². The van der Waals surface area contributed by atoms with E-state index in [1.54, 1.807) is 12.4 Å². The van der Waals surface area contributed by atoms with Gasteiger partial charge in [0.05, 0.1) is 11.5 Å². The van der Waals surface area contributed by atoms with Crippen molar-refractivity contribution in [3.63, 3.8) is 0 Å². The summed E-state index contributed by atoms with van der Waals surface area (Å²) < 4.78 is 23.1. The van der Waals surface area contributed by atoms with Gasteiger partial charge in [-0.05, 0) is 37.5 Å². The number of aromatic nitrogens is 1. The summed E-state index contributed by atoms with van der Waals surface area (Å²) in [6, 6.07) is 4.15. The summed E-state index contributed by atoms with van der Waals surface area (Å²) in [7, 11) is -2.83. The minimum absolute atomic E-state index is 0.0805. The minimum Gasteiger partial charge on any atom is -0.306 e. The first-order valence-electron chi connectivity index (χ1n) is 5.93. The molecular formula is C12H18N2O2S. The van der Waals surface area contributed by atoms with Crippen molar-refractivity contribution in [2.24, 2.45) is 0 Å². The Morgan fingerprint density at radius 3 is 2.76 bits per heavy atom. The maximum Gasteiger partial charge on any atom is 0.151 e. The van der Waals surface area contributed by atoms with Crippen molar-refractivity contribution < 1.29 is 8.42 Å². The normalized spacial score (nSPS) is 25.4. The van der Waals surface area contributed by atoms with Crippen molar-refractivity contribution in [2.45, 2.75) is 31.8 Å². The summed E-state index contributed by atoms with van der Waals surface area (Å²) in [5, 5.41) is 3.38. The lowest BCUT2D eigenvalue weighted by Gasteiger charge is -2.26. The van der Waals surface area contributed by atoms with Crippen LogP contribution in [0.2, 0.25) is 0 Å². The average Bonchev–Trinajstić information content (AvgIpc) is 2.29. The van der Waals surface area contributed by atoms with Crippen LogP contribution >= 0.6 is 0 Å². The van der Waals surface area contributed by atoms with Crippen molar-refractivity contribution in [1.29, 1.82) is 0 Å². The van der Waals surface area contributed by atoms with Gasteiger partial charge < -0.3 is 5.32 Å². The van der Waals surface area contributed by atoms with Crippen LogP contribution in [-0.4, -0.2) is 30.9 Å². The van der Waals surface area contributed by atoms with E-state index >= 15 is 0 Å². The highest BCUT2D eigenvalue weighted by molar-refractivity contribution is 7.91. The Morgan fingerprint density at radius 2 is 2.12 bits per heavy atom. The molecule has 1 aromatic rings. The second-order valence-corrected chi connectivity index (χ2v) is 6.85. The molecule has 1 saturated heterocycles. The van der Waals surface area contributed by atoms with Crippen LogP contribution in [0.4, 0.5) is 0 Å². The second-order valence-electron chi connectivity index (χ2n) is 4.62. The fourth-order valence-corrected chi connectivity index (χ4v) is 3.91. The highest BCUT2D eigenvalue weighted by atomic mass is 32.2. The number of sulfone groups is 1. The molecule has 1 aliphatic rings. The molecule has 0 aromatic carbocycles. The van der Waals surface area contributed by atoms with Gasteiger partial charge in [-0.1, -0.05) is 0 Å². The van der Waals surface area contributed by atoms with E-state index in [1.807, 2.05) is 12.1 Å². The third-order valence-electron chi connectivity index (χ3n) is 3.15. The molecular weight excluding hydrogens is 236 g/mol. The van der Waals surface area contributed by atoms with E-state index in [2.05, 4.69) is 17.2 Å². The summed E-state index contributed by atoms with van der Waals surface area (Å²) in [6.07, 6.45) is 5.22. The van der Waals surface area contributed by atoms with Crippen LogP contribution < -0.4 is 5.32 Å². The molecule has 5 heteroatoms. The molecule has 1 unspecified atom stereocenters. The average molecular weight is 254 g/mol. The predicted octanol–water partition coefficient (Wildman–Crippen LogP) is 1.31. The molecule has 2 atom stereocenters. The zero-order valence-corrected chi connectivity index (χ0v) is 10.8. The molecule has 2 heterocycles. The summed E-state index contributed by atoms with van der Waals surface area (Å²) in [4.78, 5) is 3.97. The quantitative estimate of drug-likeness (QED) is 0.883. The zero-order chi connectivity index (χ0) is 12.3. The fourth-order valence-electron chi connectivity index (χ4n) is 2.26. The molecule has 1 aromatic heterocycles. The number of rotatable bonds is 3. The molecule has 0 amide bonds. The SMILES string of the molecule is C[C@H](NC1CCCS(=O)(=O)C1)c1ccncc1. The lowest BCUT2D eigenvalue weighted by Crippen LogP contribution is -2.41. The Labute approximate surface area is 102 Å². The van der Waals surface area contributed by atoms with E-state index in [0.717, 1.165) is 18.4 Å². The van der Waals surface area contributed by atoms with Crippen LogP contribution in [0.5, 0.6) is 0 Å². The Morgan fingerprint density at radius 1 is 1.41 bits per heavy atom. The van der Waals surface area contributed by atoms with E-state index in [1.165, 1.54) is 0 Å². The van der Waals surface area contributed by atoms with Crippen LogP contribution in [0.3, 0.4) is 0 Å². The summed E-state index contributed by atoms with van der Waals surface area (Å²) in [6.45, 7) is 2.05. The largest absolute Gasteiger partial charge is 0.306 e. The Hall–Kier alpha value is -0.940. The van der Waals surface area contributed by atoms with Crippen molar-refractivity contribution in [3.05, 3.63) is 30.1 Å². The first-order chi connectivity index (χ1) is 8.07. The Kier molecular flexibility index (Phi) is 3.79. The molecule has 4 nitrogen and oxygen atoms in total. The van der Waals surface area contributed by atoms with Gasteiger partial charge in [0.1, 0.15) is 0 Å². The number of hydrogen-bond acceptors (Lipinski definition) is 4. The summed E-state index contributed by atoms with van der Waals surface area (Å²) in [5.41, 5.74) is 1.14. The van der Waals surface area contributed by atoms with E-state index in [0.29, 0.717) is 5.75 Å². The van der Waals surface area contributed by atoms with Crippen LogP contribution in [0.15, 0.2) is 24.5 Å². The van der Waals surface area contributed by atoms with Gasteiger partial charge >= 0.3 is 0 Å². The highest BCUT2D eigenvalue weighted by Crippen LogP contribution is 2.17. The summed E-state index contributed by atoms with van der Waals surface area (Å²) in [5.74, 6) is 0.608.